The molecule has 1 atom stereocenters. The van der Waals surface area contributed by atoms with Crippen molar-refractivity contribution in [3.8, 4) is 5.75 Å². The third kappa shape index (κ3) is 8.64. The summed E-state index contributed by atoms with van der Waals surface area (Å²) < 4.78 is 74.5. The van der Waals surface area contributed by atoms with Gasteiger partial charge in [-0.25, -0.2) is 8.42 Å². The van der Waals surface area contributed by atoms with Crippen molar-refractivity contribution in [2.75, 3.05) is 18.0 Å². The number of benzene rings is 3. The molecular weight excluding hydrogens is 607 g/mol. The molecule has 3 aromatic carbocycles. The number of sulfonamides is 1. The van der Waals surface area contributed by atoms with Gasteiger partial charge >= 0.3 is 6.18 Å². The number of rotatable bonds is 10. The molecular formula is C30H33ClF3N3O5S. The van der Waals surface area contributed by atoms with Crippen LogP contribution in [0.2, 0.25) is 5.02 Å². The van der Waals surface area contributed by atoms with Crippen molar-refractivity contribution in [3.05, 3.63) is 88.9 Å². The highest BCUT2D eigenvalue weighted by molar-refractivity contribution is 7.92. The summed E-state index contributed by atoms with van der Waals surface area (Å²) in [6.45, 7) is 5.67. The molecule has 1 unspecified atom stereocenters. The second-order valence-corrected chi connectivity index (χ2v) is 13.0. The van der Waals surface area contributed by atoms with Crippen molar-refractivity contribution in [3.63, 3.8) is 0 Å². The first-order chi connectivity index (χ1) is 19.9. The fraction of sp³-hybridized carbons (Fsp3) is 0.333. The predicted octanol–water partition coefficient (Wildman–Crippen LogP) is 5.89. The zero-order valence-electron chi connectivity index (χ0n) is 24.3. The van der Waals surface area contributed by atoms with Crippen LogP contribution in [0, 0.1) is 0 Å². The highest BCUT2D eigenvalue weighted by Crippen LogP contribution is 2.37. The SMILES string of the molecule is COc1cccc(CN(C(=O)CN(c2cc(C(F)(F)F)ccc2Cl)S(=O)(=O)c2ccccc2)C(C)C(=O)NC(C)(C)C)c1. The molecule has 0 aliphatic rings. The number of amides is 2. The second-order valence-electron chi connectivity index (χ2n) is 10.8. The van der Waals surface area contributed by atoms with E-state index in [2.05, 4.69) is 5.32 Å². The number of nitrogens with zero attached hydrogens (tertiary/aromatic N) is 2. The van der Waals surface area contributed by atoms with Gasteiger partial charge in [0.05, 0.1) is 28.3 Å². The predicted molar refractivity (Wildman–Crippen MR) is 158 cm³/mol. The maximum atomic E-state index is 14.0. The minimum Gasteiger partial charge on any atom is -0.497 e. The largest absolute Gasteiger partial charge is 0.497 e. The van der Waals surface area contributed by atoms with E-state index >= 15 is 0 Å². The summed E-state index contributed by atoms with van der Waals surface area (Å²) in [7, 11) is -3.15. The van der Waals surface area contributed by atoms with Gasteiger partial charge in [-0.2, -0.15) is 13.2 Å². The fourth-order valence-corrected chi connectivity index (χ4v) is 5.85. The molecule has 0 heterocycles. The molecule has 0 aliphatic heterocycles. The molecule has 0 fully saturated rings. The maximum Gasteiger partial charge on any atom is 0.416 e. The number of carbonyl (C=O) groups excluding carboxylic acids is 2. The van der Waals surface area contributed by atoms with Crippen molar-refractivity contribution in [1.29, 1.82) is 0 Å². The van der Waals surface area contributed by atoms with Crippen molar-refractivity contribution >= 4 is 39.1 Å². The van der Waals surface area contributed by atoms with E-state index in [9.17, 15) is 31.2 Å². The third-order valence-corrected chi connectivity index (χ3v) is 8.40. The molecule has 13 heteroatoms. The van der Waals surface area contributed by atoms with Crippen molar-refractivity contribution < 1.29 is 35.9 Å². The van der Waals surface area contributed by atoms with E-state index in [1.807, 2.05) is 0 Å². The molecule has 3 aromatic rings. The molecule has 0 spiro atoms. The summed E-state index contributed by atoms with van der Waals surface area (Å²) in [6.07, 6.45) is -4.82. The topological polar surface area (TPSA) is 96.0 Å². The summed E-state index contributed by atoms with van der Waals surface area (Å²) in [5, 5.41) is 2.48. The van der Waals surface area contributed by atoms with Gasteiger partial charge in [0, 0.05) is 12.1 Å². The first kappa shape index (κ1) is 33.7. The average Bonchev–Trinajstić information content (AvgIpc) is 2.93. The highest BCUT2D eigenvalue weighted by Gasteiger charge is 2.36. The van der Waals surface area contributed by atoms with Crippen LogP contribution in [0.4, 0.5) is 18.9 Å². The smallest absolute Gasteiger partial charge is 0.416 e. The summed E-state index contributed by atoms with van der Waals surface area (Å²) in [4.78, 5) is 28.1. The van der Waals surface area contributed by atoms with Crippen LogP contribution in [0.1, 0.15) is 38.8 Å². The molecule has 0 saturated carbocycles. The highest BCUT2D eigenvalue weighted by atomic mass is 35.5. The van der Waals surface area contributed by atoms with Crippen LogP contribution >= 0.6 is 11.6 Å². The van der Waals surface area contributed by atoms with E-state index in [1.165, 1.54) is 38.3 Å². The van der Waals surface area contributed by atoms with E-state index in [1.54, 1.807) is 51.1 Å². The van der Waals surface area contributed by atoms with Gasteiger partial charge in [-0.05, 0) is 75.7 Å². The first-order valence-corrected chi connectivity index (χ1v) is 14.9. The number of ether oxygens (including phenoxy) is 1. The van der Waals surface area contributed by atoms with Crippen LogP contribution in [-0.2, 0) is 32.3 Å². The standard InChI is InChI=1S/C30H33ClF3N3O5S/c1-20(28(39)35-29(2,3)4)36(18-21-10-9-11-23(16-21)42-5)27(38)19-37(43(40,41)24-12-7-6-8-13-24)26-17-22(30(32,33)34)14-15-25(26)31/h6-17,20H,18-19H2,1-5H3,(H,35,39). The van der Waals surface area contributed by atoms with Gasteiger partial charge < -0.3 is 15.0 Å². The quantitative estimate of drug-likeness (QED) is 0.298. The van der Waals surface area contributed by atoms with E-state index in [0.29, 0.717) is 21.7 Å². The van der Waals surface area contributed by atoms with Gasteiger partial charge in [-0.1, -0.05) is 41.9 Å². The molecule has 0 saturated heterocycles. The molecule has 0 radical (unpaired) electrons. The van der Waals surface area contributed by atoms with Crippen molar-refractivity contribution in [2.24, 2.45) is 0 Å². The lowest BCUT2D eigenvalue weighted by atomic mass is 10.1. The van der Waals surface area contributed by atoms with Gasteiger partial charge in [-0.3, -0.25) is 13.9 Å². The Kier molecular flexibility index (Phi) is 10.4. The Morgan fingerprint density at radius 3 is 2.21 bits per heavy atom. The lowest BCUT2D eigenvalue weighted by Crippen LogP contribution is -2.54. The maximum absolute atomic E-state index is 14.0. The van der Waals surface area contributed by atoms with Gasteiger partial charge in [0.15, 0.2) is 0 Å². The Hall–Kier alpha value is -3.77. The van der Waals surface area contributed by atoms with Crippen molar-refractivity contribution in [1.82, 2.24) is 10.2 Å². The lowest BCUT2D eigenvalue weighted by Gasteiger charge is -2.33. The third-order valence-electron chi connectivity index (χ3n) is 6.30. The zero-order chi connectivity index (χ0) is 32.2. The number of nitrogens with one attached hydrogen (secondary N) is 1. The molecule has 3 rings (SSSR count). The average molecular weight is 640 g/mol. The summed E-state index contributed by atoms with van der Waals surface area (Å²) in [5.74, 6) is -0.883. The van der Waals surface area contributed by atoms with Crippen LogP contribution < -0.4 is 14.4 Å². The van der Waals surface area contributed by atoms with E-state index in [-0.39, 0.29) is 16.5 Å². The van der Waals surface area contributed by atoms with E-state index in [0.717, 1.165) is 17.0 Å². The number of alkyl halides is 3. The first-order valence-electron chi connectivity index (χ1n) is 13.1. The van der Waals surface area contributed by atoms with Crippen LogP contribution in [0.5, 0.6) is 5.75 Å². The van der Waals surface area contributed by atoms with Crippen LogP contribution in [0.25, 0.3) is 0 Å². The fourth-order valence-electron chi connectivity index (χ4n) is 4.14. The zero-order valence-corrected chi connectivity index (χ0v) is 25.8. The van der Waals surface area contributed by atoms with Gasteiger partial charge in [0.2, 0.25) is 11.8 Å². The molecule has 1 N–H and O–H groups in total. The Morgan fingerprint density at radius 2 is 1.63 bits per heavy atom. The molecule has 43 heavy (non-hydrogen) atoms. The van der Waals surface area contributed by atoms with E-state index in [4.69, 9.17) is 16.3 Å². The Morgan fingerprint density at radius 1 is 0.977 bits per heavy atom. The molecule has 232 valence electrons. The summed E-state index contributed by atoms with van der Waals surface area (Å²) in [6, 6.07) is 14.8. The van der Waals surface area contributed by atoms with Crippen LogP contribution in [-0.4, -0.2) is 50.4 Å². The normalized spacial score (nSPS) is 12.8. The molecule has 0 bridgehead atoms. The Bertz CT molecular complexity index is 1560. The molecule has 2 amide bonds. The Balaban J connectivity index is 2.14. The molecule has 0 aromatic heterocycles. The monoisotopic (exact) mass is 639 g/mol. The number of anilines is 1. The second kappa shape index (κ2) is 13.3. The number of hydrogen-bond donors (Lipinski definition) is 1. The van der Waals surface area contributed by atoms with Gasteiger partial charge in [-0.15, -0.1) is 0 Å². The summed E-state index contributed by atoms with van der Waals surface area (Å²) >= 11 is 6.27. The van der Waals surface area contributed by atoms with Crippen molar-refractivity contribution in [2.45, 2.75) is 56.9 Å². The van der Waals surface area contributed by atoms with Gasteiger partial charge in [0.25, 0.3) is 10.0 Å². The van der Waals surface area contributed by atoms with Crippen LogP contribution in [0.15, 0.2) is 77.7 Å². The molecule has 0 aliphatic carbocycles. The Labute approximate surface area is 254 Å². The number of halogens is 4. The minimum atomic E-state index is -4.82. The summed E-state index contributed by atoms with van der Waals surface area (Å²) in [5.41, 5.74) is -1.78. The van der Waals surface area contributed by atoms with Crippen LogP contribution in [0.3, 0.4) is 0 Å². The molecule has 8 nitrogen and oxygen atoms in total. The number of carbonyl (C=O) groups is 2. The number of methoxy groups -OCH3 is 1. The van der Waals surface area contributed by atoms with Gasteiger partial charge in [0.1, 0.15) is 18.3 Å². The lowest BCUT2D eigenvalue weighted by molar-refractivity contribution is -0.140. The van der Waals surface area contributed by atoms with E-state index < -0.39 is 57.4 Å². The number of hydrogen-bond acceptors (Lipinski definition) is 5. The minimum absolute atomic E-state index is 0.135.